The van der Waals surface area contributed by atoms with E-state index in [1.54, 1.807) is 0 Å². The summed E-state index contributed by atoms with van der Waals surface area (Å²) < 4.78 is 0. The molecule has 0 fully saturated rings. The summed E-state index contributed by atoms with van der Waals surface area (Å²) in [5.74, 6) is 0. The quantitative estimate of drug-likeness (QED) is 0.728. The van der Waals surface area contributed by atoms with Crippen molar-refractivity contribution in [1.82, 2.24) is 9.97 Å². The van der Waals surface area contributed by atoms with Crippen molar-refractivity contribution in [1.29, 1.82) is 0 Å². The number of nitrogens with zero attached hydrogens (tertiary/aromatic N) is 2. The van der Waals surface area contributed by atoms with Crippen molar-refractivity contribution in [3.05, 3.63) is 48.4 Å². The van der Waals surface area contributed by atoms with Gasteiger partial charge in [-0.3, -0.25) is 0 Å². The number of benzene rings is 1. The summed E-state index contributed by atoms with van der Waals surface area (Å²) in [6.07, 6.45) is 2.63. The Hall–Kier alpha value is -1.05. The Bertz CT molecular complexity index is 401. The average molecular weight is 361 g/mol. The van der Waals surface area contributed by atoms with Crippen LogP contribution in [-0.2, 0) is 20.1 Å². The molecule has 3 heteroatoms. The molecule has 0 unspecified atom stereocenters. The molecule has 0 N–H and O–H groups in total. The molecular formula is C11H9IrN2-. The second kappa shape index (κ2) is 4.99. The van der Waals surface area contributed by atoms with Gasteiger partial charge in [-0.15, -0.1) is 6.07 Å². The average Bonchev–Trinajstić information content (AvgIpc) is 2.19. The third-order valence-corrected chi connectivity index (χ3v) is 1.81. The molecule has 1 radical (unpaired) electrons. The van der Waals surface area contributed by atoms with Crippen LogP contribution in [0.25, 0.3) is 11.3 Å². The van der Waals surface area contributed by atoms with E-state index in [4.69, 9.17) is 0 Å². The minimum Gasteiger partial charge on any atom is -0.371 e. The summed E-state index contributed by atoms with van der Waals surface area (Å²) in [5.41, 5.74) is 2.96. The molecule has 1 heterocycles. The van der Waals surface area contributed by atoms with Crippen molar-refractivity contribution in [2.45, 2.75) is 6.92 Å². The Morgan fingerprint density at radius 2 is 1.79 bits per heavy atom. The van der Waals surface area contributed by atoms with Gasteiger partial charge < -0.3 is 9.97 Å². The predicted octanol–water partition coefficient (Wildman–Crippen LogP) is 2.25. The summed E-state index contributed by atoms with van der Waals surface area (Å²) in [6, 6.07) is 12.0. The van der Waals surface area contributed by atoms with E-state index >= 15 is 0 Å². The monoisotopic (exact) mass is 362 g/mol. The summed E-state index contributed by atoms with van der Waals surface area (Å²) in [4.78, 5) is 8.00. The van der Waals surface area contributed by atoms with Crippen LogP contribution in [0.1, 0.15) is 5.69 Å². The van der Waals surface area contributed by atoms with Crippen LogP contribution in [0.2, 0.25) is 0 Å². The Kier molecular flexibility index (Phi) is 3.93. The zero-order valence-corrected chi connectivity index (χ0v) is 10.1. The Balaban J connectivity index is 0.000000980. The molecule has 0 saturated carbocycles. The van der Waals surface area contributed by atoms with Crippen molar-refractivity contribution in [2.24, 2.45) is 0 Å². The van der Waals surface area contributed by atoms with Gasteiger partial charge >= 0.3 is 0 Å². The van der Waals surface area contributed by atoms with Crippen LogP contribution in [0.5, 0.6) is 0 Å². The topological polar surface area (TPSA) is 25.8 Å². The van der Waals surface area contributed by atoms with E-state index in [1.165, 1.54) is 0 Å². The van der Waals surface area contributed by atoms with Gasteiger partial charge in [0, 0.05) is 26.4 Å². The maximum atomic E-state index is 4.07. The molecule has 2 aromatic rings. The van der Waals surface area contributed by atoms with Crippen molar-refractivity contribution in [2.75, 3.05) is 0 Å². The van der Waals surface area contributed by atoms with Crippen LogP contribution in [0.4, 0.5) is 0 Å². The Morgan fingerprint density at radius 1 is 1.07 bits per heavy atom. The second-order valence-electron chi connectivity index (χ2n) is 2.86. The summed E-state index contributed by atoms with van der Waals surface area (Å²) in [7, 11) is 0. The van der Waals surface area contributed by atoms with Gasteiger partial charge in [0.05, 0.1) is 0 Å². The first-order valence-electron chi connectivity index (χ1n) is 4.13. The number of hydrogen-bond donors (Lipinski definition) is 0. The van der Waals surface area contributed by atoms with Crippen molar-refractivity contribution in [3.63, 3.8) is 0 Å². The zero-order valence-electron chi connectivity index (χ0n) is 7.69. The molecule has 2 nitrogen and oxygen atoms in total. The molecule has 14 heavy (non-hydrogen) atoms. The van der Waals surface area contributed by atoms with Gasteiger partial charge in [0.1, 0.15) is 0 Å². The van der Waals surface area contributed by atoms with Crippen LogP contribution in [-0.4, -0.2) is 9.97 Å². The van der Waals surface area contributed by atoms with E-state index in [0.717, 1.165) is 17.0 Å². The van der Waals surface area contributed by atoms with Gasteiger partial charge in [-0.05, 0) is 5.69 Å². The molecule has 1 aromatic heterocycles. The van der Waals surface area contributed by atoms with E-state index in [9.17, 15) is 0 Å². The number of aryl methyl sites for hydroxylation is 1. The fourth-order valence-corrected chi connectivity index (χ4v) is 1.18. The summed E-state index contributed by atoms with van der Waals surface area (Å²) in [6.45, 7) is 1.94. The van der Waals surface area contributed by atoms with Gasteiger partial charge in [0.15, 0.2) is 0 Å². The van der Waals surface area contributed by atoms with Crippen molar-refractivity contribution >= 4 is 0 Å². The van der Waals surface area contributed by atoms with Gasteiger partial charge in [0.2, 0.25) is 0 Å². The first-order valence-corrected chi connectivity index (χ1v) is 4.13. The van der Waals surface area contributed by atoms with Crippen LogP contribution in [0, 0.1) is 13.3 Å². The summed E-state index contributed by atoms with van der Waals surface area (Å²) >= 11 is 0. The number of rotatable bonds is 1. The minimum absolute atomic E-state index is 0. The van der Waals surface area contributed by atoms with Gasteiger partial charge in [-0.25, -0.2) is 0 Å². The standard InChI is InChI=1S/C11H9N2.Ir/c1-9-7-11(13-8-12-9)10-5-3-2-4-6-10;/h2-7H,1H3;/q-1;. The minimum atomic E-state index is 0. The first-order chi connectivity index (χ1) is 6.36. The van der Waals surface area contributed by atoms with E-state index in [1.807, 2.05) is 43.3 Å². The van der Waals surface area contributed by atoms with Crippen LogP contribution in [0.3, 0.4) is 0 Å². The molecule has 73 valence electrons. The van der Waals surface area contributed by atoms with E-state index in [2.05, 4.69) is 16.3 Å². The van der Waals surface area contributed by atoms with Gasteiger partial charge in [0.25, 0.3) is 0 Å². The van der Waals surface area contributed by atoms with Crippen LogP contribution < -0.4 is 0 Å². The molecule has 0 bridgehead atoms. The zero-order chi connectivity index (χ0) is 9.10. The molecule has 1 aromatic carbocycles. The smallest absolute Gasteiger partial charge is 0.0221 e. The molecule has 2 rings (SSSR count). The fraction of sp³-hybridized carbons (Fsp3) is 0.0909. The SMILES string of the molecule is Cc1cc(-c2ccccc2)n[c-]n1.[Ir]. The van der Waals surface area contributed by atoms with Crippen molar-refractivity contribution in [3.8, 4) is 11.3 Å². The molecule has 0 amide bonds. The number of hydrogen-bond acceptors (Lipinski definition) is 2. The molecular weight excluding hydrogens is 352 g/mol. The Morgan fingerprint density at radius 3 is 2.43 bits per heavy atom. The third-order valence-electron chi connectivity index (χ3n) is 1.81. The van der Waals surface area contributed by atoms with Crippen LogP contribution in [0.15, 0.2) is 36.4 Å². The van der Waals surface area contributed by atoms with Crippen molar-refractivity contribution < 1.29 is 20.1 Å². The molecule has 0 aliphatic carbocycles. The Labute approximate surface area is 96.8 Å². The maximum absolute atomic E-state index is 4.07. The van der Waals surface area contributed by atoms with Gasteiger partial charge in [-0.2, -0.15) is 0 Å². The maximum Gasteiger partial charge on any atom is 0.0221 e. The van der Waals surface area contributed by atoms with E-state index < -0.39 is 0 Å². The third kappa shape index (κ3) is 2.47. The first kappa shape index (κ1) is 11.0. The molecule has 0 spiro atoms. The number of aromatic nitrogens is 2. The molecule has 0 atom stereocenters. The molecule has 0 aliphatic heterocycles. The fourth-order valence-electron chi connectivity index (χ4n) is 1.18. The predicted molar refractivity (Wildman–Crippen MR) is 51.0 cm³/mol. The largest absolute Gasteiger partial charge is 0.371 e. The van der Waals surface area contributed by atoms with Gasteiger partial charge in [-0.1, -0.05) is 48.5 Å². The van der Waals surface area contributed by atoms with E-state index in [-0.39, 0.29) is 20.1 Å². The van der Waals surface area contributed by atoms with Crippen LogP contribution >= 0.6 is 0 Å². The molecule has 0 aliphatic rings. The summed E-state index contributed by atoms with van der Waals surface area (Å²) in [5, 5.41) is 0. The van der Waals surface area contributed by atoms with E-state index in [0.29, 0.717) is 0 Å². The normalized spacial score (nSPS) is 9.21. The molecule has 0 saturated heterocycles. The second-order valence-corrected chi connectivity index (χ2v) is 2.86.